The first-order valence-corrected chi connectivity index (χ1v) is 11.4. The highest BCUT2D eigenvalue weighted by Gasteiger charge is 2.22. The molecule has 186 valence electrons. The number of methoxy groups -OCH3 is 1. The zero-order valence-corrected chi connectivity index (χ0v) is 19.9. The van der Waals surface area contributed by atoms with Gasteiger partial charge < -0.3 is 23.3 Å². The molecule has 0 N–H and O–H groups in total. The monoisotopic (exact) mass is 487 g/mol. The Hall–Kier alpha value is -3.15. The first-order valence-electron chi connectivity index (χ1n) is 11.4. The first-order chi connectivity index (χ1) is 17.0. The Morgan fingerprint density at radius 1 is 1.14 bits per heavy atom. The molecule has 5 rings (SSSR count). The molecule has 4 heterocycles. The molecule has 1 aliphatic rings. The molecular formula is C24H27F2N5O4. The van der Waals surface area contributed by atoms with Crippen molar-refractivity contribution in [3.05, 3.63) is 35.6 Å². The van der Waals surface area contributed by atoms with E-state index in [1.54, 1.807) is 13.3 Å². The Kier molecular flexibility index (Phi) is 6.63. The van der Waals surface area contributed by atoms with Crippen molar-refractivity contribution in [1.29, 1.82) is 0 Å². The molecule has 1 fully saturated rings. The van der Waals surface area contributed by atoms with Gasteiger partial charge in [0.2, 0.25) is 0 Å². The van der Waals surface area contributed by atoms with E-state index in [2.05, 4.69) is 19.8 Å². The quantitative estimate of drug-likeness (QED) is 0.369. The molecule has 0 unspecified atom stereocenters. The van der Waals surface area contributed by atoms with Crippen LogP contribution in [0.3, 0.4) is 0 Å². The lowest BCUT2D eigenvalue weighted by Gasteiger charge is -2.26. The van der Waals surface area contributed by atoms with E-state index in [0.717, 1.165) is 52.2 Å². The van der Waals surface area contributed by atoms with Crippen molar-refractivity contribution in [3.8, 4) is 16.9 Å². The normalized spacial score (nSPS) is 15.0. The maximum atomic E-state index is 12.7. The van der Waals surface area contributed by atoms with Crippen molar-refractivity contribution in [2.24, 2.45) is 0 Å². The highest BCUT2D eigenvalue weighted by atomic mass is 19.3. The largest absolute Gasteiger partial charge is 0.496 e. The van der Waals surface area contributed by atoms with E-state index < -0.39 is 6.61 Å². The average Bonchev–Trinajstić information content (AvgIpc) is 3.37. The Morgan fingerprint density at radius 2 is 1.94 bits per heavy atom. The van der Waals surface area contributed by atoms with Crippen LogP contribution in [-0.4, -0.2) is 71.2 Å². The second-order valence-corrected chi connectivity index (χ2v) is 8.46. The lowest BCUT2D eigenvalue weighted by Crippen LogP contribution is -2.36. The summed E-state index contributed by atoms with van der Waals surface area (Å²) < 4.78 is 48.6. The van der Waals surface area contributed by atoms with Crippen LogP contribution in [0.4, 0.5) is 8.78 Å². The molecule has 0 amide bonds. The number of benzene rings is 1. The standard InChI is InChI=1S/C24H27F2N5O4/c1-14-22(15(2)35-29-14)17-10-18-16(11-20(17)32-3)23-19(12-27-18)28-21(13-30-4-7-33-8-5-30)31(23)6-9-34-24(25)26/h10-12,24H,4-9,13H2,1-3H3. The average molecular weight is 488 g/mol. The highest BCUT2D eigenvalue weighted by molar-refractivity contribution is 6.05. The summed E-state index contributed by atoms with van der Waals surface area (Å²) >= 11 is 0. The molecule has 1 aromatic carbocycles. The number of halogens is 2. The molecule has 11 heteroatoms. The van der Waals surface area contributed by atoms with Crippen LogP contribution in [0.25, 0.3) is 33.1 Å². The number of morpholine rings is 1. The van der Waals surface area contributed by atoms with E-state index in [1.165, 1.54) is 0 Å². The van der Waals surface area contributed by atoms with Gasteiger partial charge in [0.15, 0.2) is 0 Å². The van der Waals surface area contributed by atoms with Gasteiger partial charge in [0.25, 0.3) is 0 Å². The third-order valence-electron chi connectivity index (χ3n) is 6.30. The van der Waals surface area contributed by atoms with Gasteiger partial charge in [0.1, 0.15) is 22.9 Å². The predicted octanol–water partition coefficient (Wildman–Crippen LogP) is 3.94. The van der Waals surface area contributed by atoms with Crippen LogP contribution in [0.1, 0.15) is 17.3 Å². The van der Waals surface area contributed by atoms with E-state index in [0.29, 0.717) is 36.8 Å². The zero-order valence-electron chi connectivity index (χ0n) is 19.9. The van der Waals surface area contributed by atoms with Crippen molar-refractivity contribution in [1.82, 2.24) is 24.6 Å². The summed E-state index contributed by atoms with van der Waals surface area (Å²) in [5.41, 5.74) is 4.65. The number of pyridine rings is 1. The fraction of sp³-hybridized carbons (Fsp3) is 0.458. The van der Waals surface area contributed by atoms with Crippen LogP contribution >= 0.6 is 0 Å². The van der Waals surface area contributed by atoms with Gasteiger partial charge >= 0.3 is 6.61 Å². The Bertz CT molecular complexity index is 1330. The van der Waals surface area contributed by atoms with Gasteiger partial charge in [-0.1, -0.05) is 5.16 Å². The third kappa shape index (κ3) is 4.58. The van der Waals surface area contributed by atoms with Gasteiger partial charge in [-0.25, -0.2) is 4.98 Å². The predicted molar refractivity (Wildman–Crippen MR) is 125 cm³/mol. The smallest absolute Gasteiger partial charge is 0.345 e. The maximum Gasteiger partial charge on any atom is 0.345 e. The second kappa shape index (κ2) is 9.84. The number of aromatic nitrogens is 4. The summed E-state index contributed by atoms with van der Waals surface area (Å²) in [4.78, 5) is 11.7. The van der Waals surface area contributed by atoms with Crippen molar-refractivity contribution in [2.75, 3.05) is 40.0 Å². The molecule has 0 radical (unpaired) electrons. The number of hydrogen-bond acceptors (Lipinski definition) is 8. The minimum Gasteiger partial charge on any atom is -0.496 e. The van der Waals surface area contributed by atoms with Crippen molar-refractivity contribution in [3.63, 3.8) is 0 Å². The number of aryl methyl sites for hydroxylation is 2. The van der Waals surface area contributed by atoms with Crippen LogP contribution in [0.5, 0.6) is 5.75 Å². The van der Waals surface area contributed by atoms with Gasteiger partial charge in [0, 0.05) is 30.6 Å². The van der Waals surface area contributed by atoms with Gasteiger partial charge in [0.05, 0.1) is 62.0 Å². The molecule has 0 bridgehead atoms. The molecule has 0 aliphatic carbocycles. The molecule has 9 nitrogen and oxygen atoms in total. The minimum atomic E-state index is -2.83. The second-order valence-electron chi connectivity index (χ2n) is 8.46. The Labute approximate surface area is 200 Å². The van der Waals surface area contributed by atoms with Crippen molar-refractivity contribution < 1.29 is 27.5 Å². The van der Waals surface area contributed by atoms with Crippen LogP contribution in [0.2, 0.25) is 0 Å². The van der Waals surface area contributed by atoms with Crippen molar-refractivity contribution >= 4 is 21.9 Å². The summed E-state index contributed by atoms with van der Waals surface area (Å²) in [6.45, 7) is 4.43. The number of fused-ring (bicyclic) bond motifs is 3. The summed E-state index contributed by atoms with van der Waals surface area (Å²) in [5.74, 6) is 2.08. The number of alkyl halides is 2. The van der Waals surface area contributed by atoms with E-state index in [-0.39, 0.29) is 13.2 Å². The van der Waals surface area contributed by atoms with Gasteiger partial charge in [-0.15, -0.1) is 0 Å². The molecule has 4 aromatic rings. The van der Waals surface area contributed by atoms with Crippen LogP contribution in [-0.2, 0) is 22.6 Å². The molecule has 1 saturated heterocycles. The molecule has 0 saturated carbocycles. The third-order valence-corrected chi connectivity index (χ3v) is 6.30. The lowest BCUT2D eigenvalue weighted by molar-refractivity contribution is -0.130. The van der Waals surface area contributed by atoms with Crippen LogP contribution < -0.4 is 4.74 Å². The van der Waals surface area contributed by atoms with E-state index in [1.807, 2.05) is 30.5 Å². The molecule has 1 aliphatic heterocycles. The van der Waals surface area contributed by atoms with E-state index in [9.17, 15) is 8.78 Å². The molecule has 3 aromatic heterocycles. The molecular weight excluding hydrogens is 460 g/mol. The number of imidazole rings is 1. The maximum absolute atomic E-state index is 12.7. The zero-order chi connectivity index (χ0) is 24.5. The molecule has 35 heavy (non-hydrogen) atoms. The topological polar surface area (TPSA) is 87.7 Å². The fourth-order valence-electron chi connectivity index (χ4n) is 4.67. The Balaban J connectivity index is 1.66. The lowest BCUT2D eigenvalue weighted by atomic mass is 10.0. The number of ether oxygens (including phenoxy) is 3. The molecule has 0 spiro atoms. The molecule has 0 atom stereocenters. The van der Waals surface area contributed by atoms with Gasteiger partial charge in [-0.2, -0.15) is 8.78 Å². The van der Waals surface area contributed by atoms with Crippen molar-refractivity contribution in [2.45, 2.75) is 33.5 Å². The first kappa shape index (κ1) is 23.6. The van der Waals surface area contributed by atoms with Crippen LogP contribution in [0.15, 0.2) is 22.9 Å². The summed E-state index contributed by atoms with van der Waals surface area (Å²) in [6.07, 6.45) is 1.72. The SMILES string of the molecule is COc1cc2c(cc1-c1c(C)noc1C)ncc1nc(CN3CCOCC3)n(CCOC(F)F)c12. The summed E-state index contributed by atoms with van der Waals surface area (Å²) in [6, 6.07) is 3.85. The number of rotatable bonds is 8. The van der Waals surface area contributed by atoms with Crippen LogP contribution in [0, 0.1) is 13.8 Å². The fourth-order valence-corrected chi connectivity index (χ4v) is 4.67. The van der Waals surface area contributed by atoms with Gasteiger partial charge in [-0.3, -0.25) is 9.88 Å². The number of hydrogen-bond donors (Lipinski definition) is 0. The summed E-state index contributed by atoms with van der Waals surface area (Å²) in [7, 11) is 1.61. The number of nitrogens with zero attached hydrogens (tertiary/aromatic N) is 5. The Morgan fingerprint density at radius 3 is 2.63 bits per heavy atom. The van der Waals surface area contributed by atoms with E-state index in [4.69, 9.17) is 19.0 Å². The van der Waals surface area contributed by atoms with E-state index >= 15 is 0 Å². The highest BCUT2D eigenvalue weighted by Crippen LogP contribution is 2.39. The van der Waals surface area contributed by atoms with Gasteiger partial charge in [-0.05, 0) is 26.0 Å². The minimum absolute atomic E-state index is 0.142. The summed E-state index contributed by atoms with van der Waals surface area (Å²) in [5, 5.41) is 4.88.